The number of carbonyl (C=O) groups excluding carboxylic acids is 2. The van der Waals surface area contributed by atoms with E-state index in [0.29, 0.717) is 27.9 Å². The monoisotopic (exact) mass is 428 g/mol. The SMILES string of the molecule is COC(=O)c1ccccc1Nc1[nH]c2ccccc2c(=O)c1C(=O)c1ccc(OC)cc1. The molecule has 0 amide bonds. The van der Waals surface area contributed by atoms with Gasteiger partial charge in [-0.2, -0.15) is 0 Å². The Morgan fingerprint density at radius 1 is 0.875 bits per heavy atom. The number of methoxy groups -OCH3 is 2. The summed E-state index contributed by atoms with van der Waals surface area (Å²) in [7, 11) is 2.82. The van der Waals surface area contributed by atoms with Gasteiger partial charge in [-0.15, -0.1) is 0 Å². The van der Waals surface area contributed by atoms with Crippen LogP contribution in [0.3, 0.4) is 0 Å². The number of carbonyl (C=O) groups is 2. The number of para-hydroxylation sites is 2. The topological polar surface area (TPSA) is 97.5 Å². The maximum atomic E-state index is 13.4. The van der Waals surface area contributed by atoms with E-state index in [0.717, 1.165) is 0 Å². The third kappa shape index (κ3) is 3.83. The third-order valence-electron chi connectivity index (χ3n) is 5.08. The Balaban J connectivity index is 1.89. The molecule has 0 unspecified atom stereocenters. The normalized spacial score (nSPS) is 10.6. The van der Waals surface area contributed by atoms with Gasteiger partial charge in [0, 0.05) is 10.9 Å². The van der Waals surface area contributed by atoms with Crippen molar-refractivity contribution in [2.45, 2.75) is 0 Å². The fourth-order valence-electron chi connectivity index (χ4n) is 3.45. The van der Waals surface area contributed by atoms with Crippen LogP contribution < -0.4 is 15.5 Å². The van der Waals surface area contributed by atoms with E-state index in [2.05, 4.69) is 10.3 Å². The van der Waals surface area contributed by atoms with Gasteiger partial charge in [0.2, 0.25) is 11.2 Å². The summed E-state index contributed by atoms with van der Waals surface area (Å²) in [5, 5.41) is 3.45. The van der Waals surface area contributed by atoms with Gasteiger partial charge in [-0.3, -0.25) is 9.59 Å². The summed E-state index contributed by atoms with van der Waals surface area (Å²) in [6, 6.07) is 20.1. The van der Waals surface area contributed by atoms with Gasteiger partial charge in [-0.25, -0.2) is 4.79 Å². The average Bonchev–Trinajstić information content (AvgIpc) is 2.84. The van der Waals surface area contributed by atoms with Crippen LogP contribution in [0.15, 0.2) is 77.6 Å². The molecular formula is C25H20N2O5. The number of ether oxygens (including phenoxy) is 2. The number of fused-ring (bicyclic) bond motifs is 1. The number of esters is 1. The molecule has 7 nitrogen and oxygen atoms in total. The van der Waals surface area contributed by atoms with Crippen LogP contribution in [0, 0.1) is 0 Å². The number of aromatic nitrogens is 1. The summed E-state index contributed by atoms with van der Waals surface area (Å²) in [4.78, 5) is 42.1. The van der Waals surface area contributed by atoms with Crippen LogP contribution in [0.4, 0.5) is 11.5 Å². The highest BCUT2D eigenvalue weighted by atomic mass is 16.5. The lowest BCUT2D eigenvalue weighted by Crippen LogP contribution is -2.20. The zero-order chi connectivity index (χ0) is 22.7. The predicted molar refractivity (Wildman–Crippen MR) is 122 cm³/mol. The number of anilines is 2. The second-order valence-corrected chi connectivity index (χ2v) is 6.97. The van der Waals surface area contributed by atoms with Crippen molar-refractivity contribution in [2.24, 2.45) is 0 Å². The van der Waals surface area contributed by atoms with E-state index in [1.165, 1.54) is 14.2 Å². The molecule has 0 aliphatic rings. The molecule has 0 aliphatic carbocycles. The lowest BCUT2D eigenvalue weighted by Gasteiger charge is -2.15. The fraction of sp³-hybridized carbons (Fsp3) is 0.0800. The first-order valence-corrected chi connectivity index (χ1v) is 9.81. The third-order valence-corrected chi connectivity index (χ3v) is 5.08. The number of hydrogen-bond acceptors (Lipinski definition) is 6. The molecule has 0 saturated heterocycles. The molecule has 7 heteroatoms. The molecule has 1 aromatic heterocycles. The first-order valence-electron chi connectivity index (χ1n) is 9.81. The highest BCUT2D eigenvalue weighted by Gasteiger charge is 2.22. The van der Waals surface area contributed by atoms with Gasteiger partial charge < -0.3 is 19.8 Å². The van der Waals surface area contributed by atoms with E-state index in [1.807, 2.05) is 0 Å². The van der Waals surface area contributed by atoms with E-state index >= 15 is 0 Å². The Labute approximate surface area is 183 Å². The largest absolute Gasteiger partial charge is 0.497 e. The van der Waals surface area contributed by atoms with Crippen molar-refractivity contribution in [3.8, 4) is 5.75 Å². The first kappa shape index (κ1) is 20.9. The Hall–Kier alpha value is -4.39. The molecule has 1 heterocycles. The highest BCUT2D eigenvalue weighted by molar-refractivity contribution is 6.14. The second kappa shape index (κ2) is 8.77. The number of H-pyrrole nitrogens is 1. The maximum Gasteiger partial charge on any atom is 0.339 e. The average molecular weight is 428 g/mol. The van der Waals surface area contributed by atoms with E-state index < -0.39 is 17.2 Å². The van der Waals surface area contributed by atoms with Crippen LogP contribution in [0.1, 0.15) is 26.3 Å². The number of pyridine rings is 1. The molecular weight excluding hydrogens is 408 g/mol. The molecule has 0 bridgehead atoms. The van der Waals surface area contributed by atoms with Crippen molar-refractivity contribution in [2.75, 3.05) is 19.5 Å². The zero-order valence-electron chi connectivity index (χ0n) is 17.5. The molecule has 0 spiro atoms. The van der Waals surface area contributed by atoms with E-state index in [9.17, 15) is 14.4 Å². The van der Waals surface area contributed by atoms with Crippen LogP contribution in [-0.2, 0) is 4.74 Å². The molecule has 0 atom stereocenters. The minimum Gasteiger partial charge on any atom is -0.497 e. The van der Waals surface area contributed by atoms with E-state index in [-0.39, 0.29) is 16.9 Å². The highest BCUT2D eigenvalue weighted by Crippen LogP contribution is 2.26. The summed E-state index contributed by atoms with van der Waals surface area (Å²) in [6.07, 6.45) is 0. The molecule has 4 rings (SSSR count). The summed E-state index contributed by atoms with van der Waals surface area (Å²) in [5.41, 5.74) is 1.07. The van der Waals surface area contributed by atoms with Gasteiger partial charge in [0.05, 0.1) is 31.0 Å². The first-order chi connectivity index (χ1) is 15.5. The number of nitrogens with one attached hydrogen (secondary N) is 2. The van der Waals surface area contributed by atoms with Crippen molar-refractivity contribution in [3.63, 3.8) is 0 Å². The molecule has 2 N–H and O–H groups in total. The standard InChI is InChI=1S/C25H20N2O5/c1-31-16-13-11-15(12-14-16)22(28)21-23(29)17-7-3-5-9-19(17)26-24(21)27-20-10-6-4-8-18(20)25(30)32-2/h3-14H,1-2H3,(H2,26,27,29). The zero-order valence-corrected chi connectivity index (χ0v) is 17.5. The fourth-order valence-corrected chi connectivity index (χ4v) is 3.45. The molecule has 4 aromatic rings. The smallest absolute Gasteiger partial charge is 0.339 e. The molecule has 0 saturated carbocycles. The van der Waals surface area contributed by atoms with Gasteiger partial charge in [-0.05, 0) is 48.5 Å². The van der Waals surface area contributed by atoms with Crippen LogP contribution in [0.5, 0.6) is 5.75 Å². The maximum absolute atomic E-state index is 13.4. The minimum atomic E-state index is -0.542. The lowest BCUT2D eigenvalue weighted by molar-refractivity contribution is 0.0602. The van der Waals surface area contributed by atoms with E-state index in [4.69, 9.17) is 9.47 Å². The number of ketones is 1. The Morgan fingerprint density at radius 2 is 1.56 bits per heavy atom. The van der Waals surface area contributed by atoms with Crippen LogP contribution in [0.2, 0.25) is 0 Å². The molecule has 0 radical (unpaired) electrons. The molecule has 32 heavy (non-hydrogen) atoms. The molecule has 3 aromatic carbocycles. The molecule has 0 aliphatic heterocycles. The van der Waals surface area contributed by atoms with Gasteiger partial charge >= 0.3 is 5.97 Å². The van der Waals surface area contributed by atoms with E-state index in [1.54, 1.807) is 72.8 Å². The lowest BCUT2D eigenvalue weighted by atomic mass is 10.0. The molecule has 160 valence electrons. The van der Waals surface area contributed by atoms with Crippen molar-refractivity contribution in [1.29, 1.82) is 0 Å². The number of hydrogen-bond donors (Lipinski definition) is 2. The van der Waals surface area contributed by atoms with Crippen molar-refractivity contribution < 1.29 is 19.1 Å². The Kier molecular flexibility index (Phi) is 5.72. The predicted octanol–water partition coefficient (Wildman–Crippen LogP) is 4.30. The van der Waals surface area contributed by atoms with Crippen molar-refractivity contribution in [3.05, 3.63) is 99.7 Å². The van der Waals surface area contributed by atoms with Crippen LogP contribution in [0.25, 0.3) is 10.9 Å². The summed E-state index contributed by atoms with van der Waals surface area (Å²) >= 11 is 0. The summed E-state index contributed by atoms with van der Waals surface area (Å²) in [6.45, 7) is 0. The number of aromatic amines is 1. The Bertz CT molecular complexity index is 1370. The van der Waals surface area contributed by atoms with Crippen molar-refractivity contribution >= 4 is 34.2 Å². The molecule has 0 fully saturated rings. The van der Waals surface area contributed by atoms with Crippen LogP contribution >= 0.6 is 0 Å². The van der Waals surface area contributed by atoms with Gasteiger partial charge in [0.1, 0.15) is 17.1 Å². The number of benzene rings is 3. The Morgan fingerprint density at radius 3 is 2.28 bits per heavy atom. The van der Waals surface area contributed by atoms with Gasteiger partial charge in [-0.1, -0.05) is 24.3 Å². The summed E-state index contributed by atoms with van der Waals surface area (Å²) in [5.74, 6) is -0.220. The second-order valence-electron chi connectivity index (χ2n) is 6.97. The van der Waals surface area contributed by atoms with Gasteiger partial charge in [0.25, 0.3) is 0 Å². The van der Waals surface area contributed by atoms with Crippen molar-refractivity contribution in [1.82, 2.24) is 4.98 Å². The summed E-state index contributed by atoms with van der Waals surface area (Å²) < 4.78 is 10.00. The van der Waals surface area contributed by atoms with Crippen LogP contribution in [-0.4, -0.2) is 31.0 Å². The quantitative estimate of drug-likeness (QED) is 0.351. The minimum absolute atomic E-state index is 0.0615. The number of rotatable bonds is 6. The van der Waals surface area contributed by atoms with Gasteiger partial charge in [0.15, 0.2) is 0 Å².